The molecule has 0 saturated heterocycles. The minimum absolute atomic E-state index is 0.0433. The number of anilines is 2. The summed E-state index contributed by atoms with van der Waals surface area (Å²) in [7, 11) is 0. The molecule has 0 atom stereocenters. The standard InChI is InChI=1S/C29H31ClN6O4S/c1-6-20-15-22(25(37)21-12-7-8-13-23(21)30)26(41-20)36-17(2)34-35-24(36)16-31-27(38)32-18-10-9-11-19(14-18)33-28(39)40-29(3,4)5/h7-15H,6,16H2,1-5H3,(H,33,39)(H2,31,32,38). The molecule has 0 aliphatic rings. The Morgan fingerprint density at radius 3 is 2.37 bits per heavy atom. The molecule has 0 unspecified atom stereocenters. The Kier molecular flexibility index (Phi) is 9.09. The molecule has 0 saturated carbocycles. The smallest absolute Gasteiger partial charge is 0.412 e. The summed E-state index contributed by atoms with van der Waals surface area (Å²) >= 11 is 7.80. The highest BCUT2D eigenvalue weighted by molar-refractivity contribution is 7.15. The van der Waals surface area contributed by atoms with Gasteiger partial charge in [-0.15, -0.1) is 21.5 Å². The van der Waals surface area contributed by atoms with Gasteiger partial charge >= 0.3 is 12.1 Å². The maximum absolute atomic E-state index is 13.5. The van der Waals surface area contributed by atoms with E-state index in [9.17, 15) is 14.4 Å². The average Bonchev–Trinajstić information content (AvgIpc) is 3.49. The lowest BCUT2D eigenvalue weighted by Crippen LogP contribution is -2.29. The van der Waals surface area contributed by atoms with E-state index < -0.39 is 17.7 Å². The number of hydrogen-bond donors (Lipinski definition) is 3. The van der Waals surface area contributed by atoms with Crippen LogP contribution in [-0.2, 0) is 17.7 Å². The molecule has 2 aromatic heterocycles. The molecule has 0 aliphatic heterocycles. The van der Waals surface area contributed by atoms with Crippen molar-refractivity contribution in [2.45, 2.75) is 53.2 Å². The largest absolute Gasteiger partial charge is 0.444 e. The Morgan fingerprint density at radius 2 is 1.68 bits per heavy atom. The van der Waals surface area contributed by atoms with Crippen LogP contribution in [0.2, 0.25) is 5.02 Å². The molecular weight excluding hydrogens is 564 g/mol. The second-order valence-corrected chi connectivity index (χ2v) is 11.6. The van der Waals surface area contributed by atoms with Crippen LogP contribution in [0.25, 0.3) is 5.00 Å². The van der Waals surface area contributed by atoms with Crippen molar-refractivity contribution in [3.05, 3.63) is 87.3 Å². The number of ketones is 1. The van der Waals surface area contributed by atoms with Gasteiger partial charge in [-0.1, -0.05) is 36.7 Å². The highest BCUT2D eigenvalue weighted by atomic mass is 35.5. The first kappa shape index (κ1) is 29.8. The number of hydrogen-bond acceptors (Lipinski definition) is 7. The zero-order valence-electron chi connectivity index (χ0n) is 23.4. The maximum Gasteiger partial charge on any atom is 0.412 e. The number of nitrogens with one attached hydrogen (secondary N) is 3. The summed E-state index contributed by atoms with van der Waals surface area (Å²) in [4.78, 5) is 39.4. The molecule has 0 spiro atoms. The molecule has 3 amide bonds. The molecule has 0 aliphatic carbocycles. The Bertz CT molecular complexity index is 1590. The molecule has 0 radical (unpaired) electrons. The molecule has 3 N–H and O–H groups in total. The number of urea groups is 1. The van der Waals surface area contributed by atoms with Crippen LogP contribution in [0, 0.1) is 6.92 Å². The molecule has 0 bridgehead atoms. The summed E-state index contributed by atoms with van der Waals surface area (Å²) < 4.78 is 7.05. The summed E-state index contributed by atoms with van der Waals surface area (Å²) in [6.45, 7) is 9.17. The molecule has 214 valence electrons. The molecule has 0 fully saturated rings. The van der Waals surface area contributed by atoms with E-state index in [1.165, 1.54) is 11.3 Å². The zero-order valence-corrected chi connectivity index (χ0v) is 24.9. The zero-order chi connectivity index (χ0) is 29.7. The third-order valence-electron chi connectivity index (χ3n) is 5.74. The molecule has 12 heteroatoms. The van der Waals surface area contributed by atoms with E-state index in [4.69, 9.17) is 16.3 Å². The number of benzene rings is 2. The van der Waals surface area contributed by atoms with Gasteiger partial charge in [-0.05, 0) is 70.5 Å². The molecule has 2 aromatic carbocycles. The number of carbonyl (C=O) groups is 3. The van der Waals surface area contributed by atoms with E-state index in [0.717, 1.165) is 11.3 Å². The first-order chi connectivity index (χ1) is 19.4. The van der Waals surface area contributed by atoms with Crippen molar-refractivity contribution in [2.75, 3.05) is 10.6 Å². The monoisotopic (exact) mass is 594 g/mol. The number of ether oxygens (including phenoxy) is 1. The summed E-state index contributed by atoms with van der Waals surface area (Å²) in [5.74, 6) is 0.822. The number of aromatic nitrogens is 3. The van der Waals surface area contributed by atoms with Crippen molar-refractivity contribution >= 4 is 52.2 Å². The molecule has 10 nitrogen and oxygen atoms in total. The minimum atomic E-state index is -0.636. The van der Waals surface area contributed by atoms with Gasteiger partial charge in [0.2, 0.25) is 0 Å². The van der Waals surface area contributed by atoms with E-state index in [2.05, 4.69) is 26.1 Å². The van der Waals surface area contributed by atoms with Crippen LogP contribution in [0.3, 0.4) is 0 Å². The average molecular weight is 595 g/mol. The highest BCUT2D eigenvalue weighted by Gasteiger charge is 2.24. The first-order valence-electron chi connectivity index (χ1n) is 12.9. The maximum atomic E-state index is 13.5. The van der Waals surface area contributed by atoms with E-state index in [1.54, 1.807) is 80.8 Å². The van der Waals surface area contributed by atoms with Gasteiger partial charge in [0.05, 0.1) is 17.1 Å². The number of nitrogens with zero attached hydrogens (tertiary/aromatic N) is 3. The normalized spacial score (nSPS) is 11.2. The Hall–Kier alpha value is -4.22. The fourth-order valence-corrected chi connectivity index (χ4v) is 5.32. The quantitative estimate of drug-likeness (QED) is 0.194. The number of rotatable bonds is 8. The van der Waals surface area contributed by atoms with Crippen LogP contribution in [0.15, 0.2) is 54.6 Å². The van der Waals surface area contributed by atoms with Crippen molar-refractivity contribution in [3.63, 3.8) is 0 Å². The number of thiophene rings is 1. The molecule has 2 heterocycles. The Morgan fingerprint density at radius 1 is 0.976 bits per heavy atom. The van der Waals surface area contributed by atoms with E-state index in [-0.39, 0.29) is 12.3 Å². The second-order valence-electron chi connectivity index (χ2n) is 10.1. The Labute approximate surface area is 247 Å². The first-order valence-corrected chi connectivity index (χ1v) is 14.1. The van der Waals surface area contributed by atoms with E-state index in [1.807, 2.05) is 13.0 Å². The van der Waals surface area contributed by atoms with Crippen LogP contribution in [-0.4, -0.2) is 38.3 Å². The summed E-state index contributed by atoms with van der Waals surface area (Å²) in [6.07, 6.45) is 0.146. The van der Waals surface area contributed by atoms with Gasteiger partial charge in [-0.2, -0.15) is 0 Å². The number of halogens is 1. The van der Waals surface area contributed by atoms with Gasteiger partial charge in [0, 0.05) is 21.8 Å². The third kappa shape index (κ3) is 7.50. The van der Waals surface area contributed by atoms with Crippen LogP contribution in [0.5, 0.6) is 0 Å². The Balaban J connectivity index is 1.49. The van der Waals surface area contributed by atoms with Gasteiger partial charge in [0.1, 0.15) is 16.4 Å². The van der Waals surface area contributed by atoms with Crippen molar-refractivity contribution in [2.24, 2.45) is 0 Å². The fraction of sp³-hybridized carbons (Fsp3) is 0.276. The van der Waals surface area contributed by atoms with Crippen LogP contribution >= 0.6 is 22.9 Å². The van der Waals surface area contributed by atoms with Crippen molar-refractivity contribution in [3.8, 4) is 5.00 Å². The lowest BCUT2D eigenvalue weighted by atomic mass is 10.0. The predicted molar refractivity (Wildman–Crippen MR) is 160 cm³/mol. The van der Waals surface area contributed by atoms with Gasteiger partial charge < -0.3 is 15.4 Å². The number of amides is 3. The molecule has 4 aromatic rings. The molecule has 4 rings (SSSR count). The van der Waals surface area contributed by atoms with E-state index >= 15 is 0 Å². The van der Waals surface area contributed by atoms with Gasteiger partial charge in [0.25, 0.3) is 0 Å². The van der Waals surface area contributed by atoms with Gasteiger partial charge in [-0.25, -0.2) is 9.59 Å². The number of carbonyl (C=O) groups excluding carboxylic acids is 3. The SMILES string of the molecule is CCc1cc(C(=O)c2ccccc2Cl)c(-n2c(C)nnc2CNC(=O)Nc2cccc(NC(=O)OC(C)(C)C)c2)s1. The third-order valence-corrected chi connectivity index (χ3v) is 7.34. The fourth-order valence-electron chi connectivity index (χ4n) is 3.94. The molecule has 41 heavy (non-hydrogen) atoms. The summed E-state index contributed by atoms with van der Waals surface area (Å²) in [6, 6.07) is 15.0. The van der Waals surface area contributed by atoms with Crippen molar-refractivity contribution in [1.29, 1.82) is 0 Å². The lowest BCUT2D eigenvalue weighted by Gasteiger charge is -2.19. The summed E-state index contributed by atoms with van der Waals surface area (Å²) in [5.41, 5.74) is 1.19. The van der Waals surface area contributed by atoms with Crippen molar-refractivity contribution in [1.82, 2.24) is 20.1 Å². The van der Waals surface area contributed by atoms with Crippen LogP contribution < -0.4 is 16.0 Å². The van der Waals surface area contributed by atoms with Crippen molar-refractivity contribution < 1.29 is 19.1 Å². The van der Waals surface area contributed by atoms with Crippen LogP contribution in [0.1, 0.15) is 60.1 Å². The molecular formula is C29H31ClN6O4S. The van der Waals surface area contributed by atoms with E-state index in [0.29, 0.717) is 44.2 Å². The lowest BCUT2D eigenvalue weighted by molar-refractivity contribution is 0.0635. The number of aryl methyl sites for hydroxylation is 2. The minimum Gasteiger partial charge on any atom is -0.444 e. The van der Waals surface area contributed by atoms with Gasteiger partial charge in [-0.3, -0.25) is 14.7 Å². The summed E-state index contributed by atoms with van der Waals surface area (Å²) in [5, 5.41) is 17.7. The highest BCUT2D eigenvalue weighted by Crippen LogP contribution is 2.32. The van der Waals surface area contributed by atoms with Gasteiger partial charge in [0.15, 0.2) is 11.6 Å². The van der Waals surface area contributed by atoms with Crippen LogP contribution in [0.4, 0.5) is 21.0 Å². The topological polar surface area (TPSA) is 127 Å². The predicted octanol–water partition coefficient (Wildman–Crippen LogP) is 6.75. The second kappa shape index (κ2) is 12.5.